The quantitative estimate of drug-likeness (QED) is 0.781. The lowest BCUT2D eigenvalue weighted by Gasteiger charge is -2.31. The molecule has 0 bridgehead atoms. The summed E-state index contributed by atoms with van der Waals surface area (Å²) in [4.78, 5) is 0. The minimum atomic E-state index is 0.172. The van der Waals surface area contributed by atoms with Gasteiger partial charge < -0.3 is 16.2 Å². The van der Waals surface area contributed by atoms with Crippen molar-refractivity contribution in [3.8, 4) is 0 Å². The number of aliphatic hydroxyl groups excluding tert-OH is 1. The first-order chi connectivity index (χ1) is 9.28. The van der Waals surface area contributed by atoms with Gasteiger partial charge in [-0.3, -0.25) is 0 Å². The van der Waals surface area contributed by atoms with Crippen LogP contribution >= 0.6 is 0 Å². The topological polar surface area (TPSA) is 58.3 Å². The van der Waals surface area contributed by atoms with Crippen LogP contribution in [0, 0.1) is 5.92 Å². The first-order valence-corrected chi connectivity index (χ1v) is 7.49. The number of hydrogen-bond donors (Lipinski definition) is 3. The van der Waals surface area contributed by atoms with Crippen molar-refractivity contribution in [3.05, 3.63) is 35.4 Å². The molecule has 1 aromatic carbocycles. The molecular formula is C16H24N2O. The zero-order valence-electron chi connectivity index (χ0n) is 11.4. The van der Waals surface area contributed by atoms with Crippen LogP contribution in [-0.2, 0) is 0 Å². The lowest BCUT2D eigenvalue weighted by atomic mass is 9.85. The van der Waals surface area contributed by atoms with Gasteiger partial charge in [-0.25, -0.2) is 0 Å². The Kier molecular flexibility index (Phi) is 3.87. The molecule has 3 nitrogen and oxygen atoms in total. The maximum absolute atomic E-state index is 9.32. The SMILES string of the molecule is NC1CC(NC2CCCC(CO)C2)c2ccccc21. The number of benzene rings is 1. The highest BCUT2D eigenvalue weighted by atomic mass is 16.3. The van der Waals surface area contributed by atoms with Crippen LogP contribution < -0.4 is 11.1 Å². The summed E-state index contributed by atoms with van der Waals surface area (Å²) in [5, 5.41) is 13.1. The van der Waals surface area contributed by atoms with Crippen LogP contribution in [-0.4, -0.2) is 17.8 Å². The summed E-state index contributed by atoms with van der Waals surface area (Å²) >= 11 is 0. The second-order valence-corrected chi connectivity index (χ2v) is 6.10. The fourth-order valence-electron chi connectivity index (χ4n) is 3.72. The third-order valence-electron chi connectivity index (χ3n) is 4.74. The van der Waals surface area contributed by atoms with E-state index in [1.807, 2.05) is 0 Å². The lowest BCUT2D eigenvalue weighted by Crippen LogP contribution is -2.37. The molecule has 0 spiro atoms. The Morgan fingerprint density at radius 3 is 2.74 bits per heavy atom. The highest BCUT2D eigenvalue weighted by Crippen LogP contribution is 2.38. The zero-order chi connectivity index (χ0) is 13.2. The molecular weight excluding hydrogens is 236 g/mol. The molecule has 19 heavy (non-hydrogen) atoms. The lowest BCUT2D eigenvalue weighted by molar-refractivity contribution is 0.166. The second kappa shape index (κ2) is 5.61. The van der Waals surface area contributed by atoms with E-state index in [-0.39, 0.29) is 6.04 Å². The molecule has 3 rings (SSSR count). The van der Waals surface area contributed by atoms with Crippen molar-refractivity contribution in [2.24, 2.45) is 11.7 Å². The van der Waals surface area contributed by atoms with Crippen LogP contribution in [0.2, 0.25) is 0 Å². The van der Waals surface area contributed by atoms with Crippen molar-refractivity contribution in [2.45, 2.75) is 50.2 Å². The van der Waals surface area contributed by atoms with Crippen LogP contribution in [0.4, 0.5) is 0 Å². The van der Waals surface area contributed by atoms with Crippen molar-refractivity contribution in [1.82, 2.24) is 5.32 Å². The molecule has 0 aliphatic heterocycles. The molecule has 0 saturated heterocycles. The summed E-state index contributed by atoms with van der Waals surface area (Å²) in [6.07, 6.45) is 5.73. The average Bonchev–Trinajstić information content (AvgIpc) is 2.76. The van der Waals surface area contributed by atoms with Gasteiger partial charge in [-0.1, -0.05) is 30.7 Å². The fraction of sp³-hybridized carbons (Fsp3) is 0.625. The summed E-state index contributed by atoms with van der Waals surface area (Å²) in [7, 11) is 0. The van der Waals surface area contributed by atoms with Gasteiger partial charge in [0.25, 0.3) is 0 Å². The molecule has 4 unspecified atom stereocenters. The number of nitrogens with one attached hydrogen (secondary N) is 1. The van der Waals surface area contributed by atoms with E-state index < -0.39 is 0 Å². The van der Waals surface area contributed by atoms with Gasteiger partial charge in [0.05, 0.1) is 0 Å². The molecule has 4 N–H and O–H groups in total. The summed E-state index contributed by atoms with van der Waals surface area (Å²) in [5.74, 6) is 0.483. The highest BCUT2D eigenvalue weighted by Gasteiger charge is 2.31. The zero-order valence-corrected chi connectivity index (χ0v) is 11.4. The van der Waals surface area contributed by atoms with Crippen molar-refractivity contribution in [2.75, 3.05) is 6.61 Å². The fourth-order valence-corrected chi connectivity index (χ4v) is 3.72. The van der Waals surface area contributed by atoms with E-state index in [1.165, 1.54) is 30.4 Å². The normalized spacial score (nSPS) is 34.2. The number of rotatable bonds is 3. The predicted molar refractivity (Wildman–Crippen MR) is 76.7 cm³/mol. The van der Waals surface area contributed by atoms with E-state index in [0.29, 0.717) is 24.6 Å². The summed E-state index contributed by atoms with van der Waals surface area (Å²) < 4.78 is 0. The van der Waals surface area contributed by atoms with E-state index >= 15 is 0 Å². The van der Waals surface area contributed by atoms with Crippen LogP contribution in [0.3, 0.4) is 0 Å². The maximum Gasteiger partial charge on any atom is 0.0459 e. The molecule has 2 aliphatic rings. The van der Waals surface area contributed by atoms with Crippen LogP contribution in [0.1, 0.15) is 55.3 Å². The van der Waals surface area contributed by atoms with Crippen LogP contribution in [0.15, 0.2) is 24.3 Å². The van der Waals surface area contributed by atoms with Gasteiger partial charge in [-0.2, -0.15) is 0 Å². The summed E-state index contributed by atoms with van der Waals surface area (Å²) in [6, 6.07) is 9.63. The Hall–Kier alpha value is -0.900. The van der Waals surface area contributed by atoms with Gasteiger partial charge in [0, 0.05) is 24.7 Å². The first kappa shape index (κ1) is 13.1. The Bertz CT molecular complexity index is 435. The molecule has 2 aliphatic carbocycles. The summed E-state index contributed by atoms with van der Waals surface area (Å²) in [6.45, 7) is 0.332. The molecule has 0 heterocycles. The van der Waals surface area contributed by atoms with Crippen molar-refractivity contribution < 1.29 is 5.11 Å². The van der Waals surface area contributed by atoms with Crippen LogP contribution in [0.25, 0.3) is 0 Å². The number of aliphatic hydroxyl groups is 1. The standard InChI is InChI=1S/C16H24N2O/c17-15-9-16(14-7-2-1-6-13(14)15)18-12-5-3-4-11(8-12)10-19/h1-2,6-7,11-12,15-16,18-19H,3-5,8-10,17H2. The van der Waals surface area contributed by atoms with Gasteiger partial charge in [0.15, 0.2) is 0 Å². The molecule has 4 atom stereocenters. The predicted octanol–water partition coefficient (Wildman–Crippen LogP) is 2.27. The van der Waals surface area contributed by atoms with Crippen molar-refractivity contribution >= 4 is 0 Å². The van der Waals surface area contributed by atoms with E-state index in [2.05, 4.69) is 29.6 Å². The molecule has 104 valence electrons. The molecule has 0 aromatic heterocycles. The van der Waals surface area contributed by atoms with Crippen molar-refractivity contribution in [3.63, 3.8) is 0 Å². The second-order valence-electron chi connectivity index (χ2n) is 6.10. The Balaban J connectivity index is 1.68. The highest BCUT2D eigenvalue weighted by molar-refractivity contribution is 5.37. The number of nitrogens with two attached hydrogens (primary N) is 1. The third-order valence-corrected chi connectivity index (χ3v) is 4.74. The Labute approximate surface area is 115 Å². The van der Waals surface area contributed by atoms with E-state index in [4.69, 9.17) is 5.73 Å². The molecule has 0 radical (unpaired) electrons. The number of hydrogen-bond acceptors (Lipinski definition) is 3. The third kappa shape index (κ3) is 2.69. The van der Waals surface area contributed by atoms with E-state index in [0.717, 1.165) is 12.8 Å². The number of fused-ring (bicyclic) bond motifs is 1. The molecule has 0 amide bonds. The summed E-state index contributed by atoms with van der Waals surface area (Å²) in [5.41, 5.74) is 8.89. The van der Waals surface area contributed by atoms with Crippen LogP contribution in [0.5, 0.6) is 0 Å². The maximum atomic E-state index is 9.32. The van der Waals surface area contributed by atoms with Gasteiger partial charge >= 0.3 is 0 Å². The smallest absolute Gasteiger partial charge is 0.0459 e. The largest absolute Gasteiger partial charge is 0.396 e. The molecule has 3 heteroatoms. The Morgan fingerprint density at radius 1 is 1.16 bits per heavy atom. The van der Waals surface area contributed by atoms with Gasteiger partial charge in [0.2, 0.25) is 0 Å². The molecule has 1 saturated carbocycles. The Morgan fingerprint density at radius 2 is 1.95 bits per heavy atom. The average molecular weight is 260 g/mol. The minimum Gasteiger partial charge on any atom is -0.396 e. The van der Waals surface area contributed by atoms with Gasteiger partial charge in [-0.15, -0.1) is 0 Å². The minimum absolute atomic E-state index is 0.172. The van der Waals surface area contributed by atoms with Crippen molar-refractivity contribution in [1.29, 1.82) is 0 Å². The van der Waals surface area contributed by atoms with Gasteiger partial charge in [0.1, 0.15) is 0 Å². The molecule has 1 fully saturated rings. The van der Waals surface area contributed by atoms with Gasteiger partial charge in [-0.05, 0) is 42.7 Å². The monoisotopic (exact) mass is 260 g/mol. The van der Waals surface area contributed by atoms with E-state index in [1.54, 1.807) is 0 Å². The first-order valence-electron chi connectivity index (χ1n) is 7.49. The van der Waals surface area contributed by atoms with E-state index in [9.17, 15) is 5.11 Å². The molecule has 1 aromatic rings.